The quantitative estimate of drug-likeness (QED) is 0.0195. The van der Waals surface area contributed by atoms with Gasteiger partial charge in [0.05, 0.1) is 32.0 Å². The van der Waals surface area contributed by atoms with Gasteiger partial charge in [-0.05, 0) is 77.6 Å². The Bertz CT molecular complexity index is 1420. The molecule has 0 radical (unpaired) electrons. The molecule has 0 aliphatic carbocycles. The number of rotatable bonds is 56. The van der Waals surface area contributed by atoms with Crippen LogP contribution in [0.2, 0.25) is 0 Å². The topological polar surface area (TPSA) is 175 Å². The van der Waals surface area contributed by atoms with Crippen molar-refractivity contribution >= 4 is 11.9 Å². The maximum Gasteiger partial charge on any atom is 0.305 e. The highest BCUT2D eigenvalue weighted by molar-refractivity contribution is 5.76. The number of aliphatic hydroxyl groups excluding tert-OH is 5. The first-order valence-corrected chi connectivity index (χ1v) is 32.4. The second-order valence-corrected chi connectivity index (χ2v) is 22.5. The fourth-order valence-corrected chi connectivity index (χ4v) is 10.1. The van der Waals surface area contributed by atoms with Crippen molar-refractivity contribution in [1.82, 2.24) is 5.32 Å². The van der Waals surface area contributed by atoms with Crippen molar-refractivity contribution in [1.29, 1.82) is 0 Å². The molecule has 11 heteroatoms. The van der Waals surface area contributed by atoms with E-state index in [1.807, 2.05) is 19.1 Å². The van der Waals surface area contributed by atoms with Gasteiger partial charge in [-0.1, -0.05) is 255 Å². The zero-order chi connectivity index (χ0) is 55.9. The van der Waals surface area contributed by atoms with E-state index in [0.29, 0.717) is 19.4 Å². The summed E-state index contributed by atoms with van der Waals surface area (Å²) in [5.41, 5.74) is 0. The Morgan fingerprint density at radius 1 is 0.494 bits per heavy atom. The van der Waals surface area contributed by atoms with Crippen molar-refractivity contribution in [3.63, 3.8) is 0 Å². The lowest BCUT2D eigenvalue weighted by Crippen LogP contribution is -2.60. The third-order valence-electron chi connectivity index (χ3n) is 15.2. The Kier molecular flexibility index (Phi) is 52.4. The molecule has 1 aliphatic heterocycles. The molecule has 0 aromatic rings. The molecule has 1 heterocycles. The number of nitrogens with one attached hydrogen (secondary N) is 1. The molecule has 11 nitrogen and oxygen atoms in total. The Morgan fingerprint density at radius 3 is 1.36 bits per heavy atom. The lowest BCUT2D eigenvalue weighted by atomic mass is 9.99. The predicted octanol–water partition coefficient (Wildman–Crippen LogP) is 15.6. The van der Waals surface area contributed by atoms with Crippen molar-refractivity contribution in [3.8, 4) is 0 Å². The first-order chi connectivity index (χ1) is 37.7. The molecule has 0 saturated carbocycles. The van der Waals surface area contributed by atoms with Crippen molar-refractivity contribution in [2.75, 3.05) is 19.8 Å². The van der Waals surface area contributed by atoms with Crippen molar-refractivity contribution < 1.29 is 49.3 Å². The minimum atomic E-state index is -1.58. The fraction of sp³-hybridized carbons (Fsp3) is 0.848. The zero-order valence-corrected chi connectivity index (χ0v) is 49.7. The van der Waals surface area contributed by atoms with Crippen LogP contribution < -0.4 is 5.32 Å². The smallest absolute Gasteiger partial charge is 0.305 e. The average molecular weight is 1090 g/mol. The fourth-order valence-electron chi connectivity index (χ4n) is 10.1. The summed E-state index contributed by atoms with van der Waals surface area (Å²) >= 11 is 0. The largest absolute Gasteiger partial charge is 0.466 e. The van der Waals surface area contributed by atoms with Crippen LogP contribution in [0.25, 0.3) is 0 Å². The van der Waals surface area contributed by atoms with Crippen LogP contribution in [0.1, 0.15) is 296 Å². The summed E-state index contributed by atoms with van der Waals surface area (Å²) < 4.78 is 16.7. The minimum absolute atomic E-state index is 0.00657. The van der Waals surface area contributed by atoms with Crippen molar-refractivity contribution in [3.05, 3.63) is 48.6 Å². The SMILES string of the molecule is C/C=C/CC/C=C/CC/C=C/C(O)C(COC1OC(CO)C(O)C(O)C1O)NC(=O)CCCCCCCCCCCCCC/C=C\CCCCCCCCCCCCCCOC(=O)CCCCCCCCCCCCCC. The number of aliphatic hydroxyl groups is 5. The third-order valence-corrected chi connectivity index (χ3v) is 15.2. The number of unbranched alkanes of at least 4 members (excludes halogenated alkanes) is 37. The number of hydrogen-bond acceptors (Lipinski definition) is 10. The van der Waals surface area contributed by atoms with Crippen molar-refractivity contribution in [2.45, 2.75) is 339 Å². The molecular formula is C66H121NO10. The van der Waals surface area contributed by atoms with Crippen LogP contribution in [-0.2, 0) is 23.8 Å². The highest BCUT2D eigenvalue weighted by atomic mass is 16.7. The second-order valence-electron chi connectivity index (χ2n) is 22.5. The van der Waals surface area contributed by atoms with Crippen LogP contribution in [0.5, 0.6) is 0 Å². The van der Waals surface area contributed by atoms with E-state index in [2.05, 4.69) is 42.6 Å². The molecule has 0 aromatic carbocycles. The number of carbonyl (C=O) groups excluding carboxylic acids is 2. The Labute approximate surface area is 472 Å². The predicted molar refractivity (Wildman–Crippen MR) is 320 cm³/mol. The molecule has 0 spiro atoms. The lowest BCUT2D eigenvalue weighted by molar-refractivity contribution is -0.302. The molecule has 0 bridgehead atoms. The summed E-state index contributed by atoms with van der Waals surface area (Å²) in [5, 5.41) is 54.2. The Morgan fingerprint density at radius 2 is 0.896 bits per heavy atom. The van der Waals surface area contributed by atoms with Crippen LogP contribution >= 0.6 is 0 Å². The standard InChI is InChI=1S/C66H121NO10/c1-3-5-7-9-11-13-14-34-38-42-46-50-54-62(71)75-55-51-47-43-39-35-32-30-28-26-24-22-20-18-16-15-17-19-21-23-25-27-29-31-33-37-41-45-49-53-61(70)67-58(59(69)52-48-44-40-36-12-10-8-6-4-2)57-76-66-65(74)64(73)63(72)60(56-68)77-66/h4,6,12,15-16,36,48,52,58-60,63-66,68-69,72-74H,3,5,7-11,13-14,17-35,37-47,49-51,53-57H2,1-2H3,(H,67,70)/b6-4+,16-15-,36-12+,52-48+. The number of hydrogen-bond donors (Lipinski definition) is 6. The first kappa shape index (κ1) is 72.6. The number of esters is 1. The molecule has 7 atom stereocenters. The first-order valence-electron chi connectivity index (χ1n) is 32.4. The van der Waals surface area contributed by atoms with E-state index in [1.165, 1.54) is 205 Å². The third kappa shape index (κ3) is 45.0. The summed E-state index contributed by atoms with van der Waals surface area (Å²) in [6, 6.07) is -0.833. The monoisotopic (exact) mass is 1090 g/mol. The molecule has 1 aliphatic rings. The zero-order valence-electron chi connectivity index (χ0n) is 49.7. The van der Waals surface area contributed by atoms with Crippen LogP contribution in [0.4, 0.5) is 0 Å². The van der Waals surface area contributed by atoms with Gasteiger partial charge < -0.3 is 45.1 Å². The molecule has 7 unspecified atom stereocenters. The number of allylic oxidation sites excluding steroid dienone is 7. The molecule has 1 saturated heterocycles. The maximum atomic E-state index is 13.0. The Hall–Kier alpha value is -2.38. The number of carbonyl (C=O) groups is 2. The van der Waals surface area contributed by atoms with E-state index in [-0.39, 0.29) is 18.5 Å². The summed E-state index contributed by atoms with van der Waals surface area (Å²) in [7, 11) is 0. The van der Waals surface area contributed by atoms with E-state index in [9.17, 15) is 35.1 Å². The van der Waals surface area contributed by atoms with E-state index in [4.69, 9.17) is 14.2 Å². The maximum absolute atomic E-state index is 13.0. The van der Waals surface area contributed by atoms with Gasteiger partial charge in [0.1, 0.15) is 24.4 Å². The van der Waals surface area contributed by atoms with Gasteiger partial charge in [-0.15, -0.1) is 0 Å². The molecule has 0 aromatic heterocycles. The van der Waals surface area contributed by atoms with E-state index in [0.717, 1.165) is 64.2 Å². The van der Waals surface area contributed by atoms with Gasteiger partial charge in [0.2, 0.25) is 5.91 Å². The van der Waals surface area contributed by atoms with Gasteiger partial charge in [0, 0.05) is 12.8 Å². The Balaban J connectivity index is 1.96. The highest BCUT2D eigenvalue weighted by Gasteiger charge is 2.44. The summed E-state index contributed by atoms with van der Waals surface area (Å²) in [6.07, 6.45) is 61.2. The van der Waals surface area contributed by atoms with Gasteiger partial charge in [-0.3, -0.25) is 9.59 Å². The molecule has 1 rings (SSSR count). The molecule has 1 fully saturated rings. The summed E-state index contributed by atoms with van der Waals surface area (Å²) in [6.45, 7) is 4.10. The highest BCUT2D eigenvalue weighted by Crippen LogP contribution is 2.23. The van der Waals surface area contributed by atoms with Gasteiger partial charge in [0.15, 0.2) is 6.29 Å². The lowest BCUT2D eigenvalue weighted by Gasteiger charge is -2.40. The summed E-state index contributed by atoms with van der Waals surface area (Å²) in [5.74, 6) is -0.193. The van der Waals surface area contributed by atoms with Crippen LogP contribution in [0, 0.1) is 0 Å². The van der Waals surface area contributed by atoms with Gasteiger partial charge >= 0.3 is 5.97 Å². The molecule has 450 valence electrons. The molecule has 1 amide bonds. The van der Waals surface area contributed by atoms with E-state index in [1.54, 1.807) is 6.08 Å². The van der Waals surface area contributed by atoms with E-state index >= 15 is 0 Å². The van der Waals surface area contributed by atoms with Crippen LogP contribution in [0.3, 0.4) is 0 Å². The molecule has 77 heavy (non-hydrogen) atoms. The minimum Gasteiger partial charge on any atom is -0.466 e. The van der Waals surface area contributed by atoms with Crippen molar-refractivity contribution in [2.24, 2.45) is 0 Å². The van der Waals surface area contributed by atoms with Crippen LogP contribution in [-0.4, -0.2) is 100 Å². The number of ether oxygens (including phenoxy) is 3. The summed E-state index contributed by atoms with van der Waals surface area (Å²) in [4.78, 5) is 25.0. The molecule has 6 N–H and O–H groups in total. The van der Waals surface area contributed by atoms with Gasteiger partial charge in [0.25, 0.3) is 0 Å². The van der Waals surface area contributed by atoms with Gasteiger partial charge in [-0.25, -0.2) is 0 Å². The average Bonchev–Trinajstić information content (AvgIpc) is 3.43. The normalized spacial score (nSPS) is 18.9. The van der Waals surface area contributed by atoms with Crippen LogP contribution in [0.15, 0.2) is 48.6 Å². The number of amides is 1. The van der Waals surface area contributed by atoms with Gasteiger partial charge in [-0.2, -0.15) is 0 Å². The molecular weight excluding hydrogens is 967 g/mol. The second kappa shape index (κ2) is 55.5. The van der Waals surface area contributed by atoms with E-state index < -0.39 is 49.5 Å².